The molecule has 0 aliphatic carbocycles. The molecule has 0 unspecified atom stereocenters. The maximum absolute atomic E-state index is 13.1. The van der Waals surface area contributed by atoms with Crippen LogP contribution in [0.15, 0.2) is 23.1 Å². The molecule has 0 aliphatic rings. The summed E-state index contributed by atoms with van der Waals surface area (Å²) in [5, 5.41) is 2.60. The van der Waals surface area contributed by atoms with Crippen LogP contribution in [0, 0.1) is 0 Å². The third-order valence-corrected chi connectivity index (χ3v) is 4.58. The second kappa shape index (κ2) is 8.36. The Bertz CT molecular complexity index is 681. The summed E-state index contributed by atoms with van der Waals surface area (Å²) in [6.07, 6.45) is 0.274. The molecule has 0 fully saturated rings. The van der Waals surface area contributed by atoms with Crippen molar-refractivity contribution in [2.24, 2.45) is 5.73 Å². The summed E-state index contributed by atoms with van der Waals surface area (Å²) >= 11 is 0. The predicted octanol–water partition coefficient (Wildman–Crippen LogP) is 0.594. The number of halogens is 2. The largest absolute Gasteiger partial charge is 0.496 e. The van der Waals surface area contributed by atoms with Crippen LogP contribution in [-0.2, 0) is 21.4 Å². The normalized spacial score (nSPS) is 12.0. The SMILES string of the molecule is CCC(=O)NCc1cc(S(=O)(=O)NCC(F)(F)CN)ccc1OC. The molecule has 0 bridgehead atoms. The number of sulfonamides is 1. The van der Waals surface area contributed by atoms with E-state index in [2.05, 4.69) is 5.32 Å². The first kappa shape index (κ1) is 20.3. The van der Waals surface area contributed by atoms with Crippen molar-refractivity contribution in [3.05, 3.63) is 23.8 Å². The molecule has 0 radical (unpaired) electrons. The van der Waals surface area contributed by atoms with Crippen LogP contribution in [0.5, 0.6) is 5.75 Å². The first-order valence-corrected chi connectivity index (χ1v) is 8.64. The molecule has 1 aromatic rings. The number of carbonyl (C=O) groups is 1. The van der Waals surface area contributed by atoms with E-state index >= 15 is 0 Å². The van der Waals surface area contributed by atoms with Gasteiger partial charge in [0.1, 0.15) is 5.75 Å². The third kappa shape index (κ3) is 5.69. The van der Waals surface area contributed by atoms with Crippen molar-refractivity contribution >= 4 is 15.9 Å². The van der Waals surface area contributed by atoms with E-state index in [0.29, 0.717) is 11.3 Å². The van der Waals surface area contributed by atoms with Gasteiger partial charge in [0, 0.05) is 18.5 Å². The number of alkyl halides is 2. The van der Waals surface area contributed by atoms with Crippen LogP contribution < -0.4 is 20.5 Å². The van der Waals surface area contributed by atoms with Crippen LogP contribution in [-0.4, -0.2) is 40.4 Å². The number of hydrogen-bond donors (Lipinski definition) is 3. The van der Waals surface area contributed by atoms with Gasteiger partial charge in [-0.15, -0.1) is 0 Å². The summed E-state index contributed by atoms with van der Waals surface area (Å²) in [6.45, 7) is -0.334. The maximum Gasteiger partial charge on any atom is 0.273 e. The molecule has 24 heavy (non-hydrogen) atoms. The highest BCUT2D eigenvalue weighted by molar-refractivity contribution is 7.89. The fourth-order valence-corrected chi connectivity index (χ4v) is 2.85. The van der Waals surface area contributed by atoms with Gasteiger partial charge in [-0.1, -0.05) is 6.92 Å². The van der Waals surface area contributed by atoms with Crippen LogP contribution in [0.25, 0.3) is 0 Å². The Morgan fingerprint density at radius 1 is 1.38 bits per heavy atom. The van der Waals surface area contributed by atoms with Crippen LogP contribution in [0.3, 0.4) is 0 Å². The van der Waals surface area contributed by atoms with Crippen LogP contribution in [0.2, 0.25) is 0 Å². The van der Waals surface area contributed by atoms with Crippen molar-refractivity contribution in [2.75, 3.05) is 20.2 Å². The number of hydrogen-bond acceptors (Lipinski definition) is 5. The number of carbonyl (C=O) groups excluding carboxylic acids is 1. The fraction of sp³-hybridized carbons (Fsp3) is 0.500. The molecule has 1 aromatic carbocycles. The average Bonchev–Trinajstić information content (AvgIpc) is 2.57. The molecule has 4 N–H and O–H groups in total. The highest BCUT2D eigenvalue weighted by Gasteiger charge is 2.29. The lowest BCUT2D eigenvalue weighted by molar-refractivity contribution is -0.120. The molecular weight excluding hydrogens is 344 g/mol. The number of methoxy groups -OCH3 is 1. The van der Waals surface area contributed by atoms with Crippen molar-refractivity contribution in [3.63, 3.8) is 0 Å². The van der Waals surface area contributed by atoms with E-state index in [0.717, 1.165) is 0 Å². The minimum absolute atomic E-state index is 0.0537. The van der Waals surface area contributed by atoms with Gasteiger partial charge in [-0.25, -0.2) is 21.9 Å². The number of amides is 1. The minimum atomic E-state index is -4.15. The molecular formula is C14H21F2N3O4S. The molecule has 0 heterocycles. The predicted molar refractivity (Wildman–Crippen MR) is 84.3 cm³/mol. The number of nitrogens with two attached hydrogens (primary N) is 1. The molecule has 10 heteroatoms. The molecule has 0 saturated heterocycles. The summed E-state index contributed by atoms with van der Waals surface area (Å²) in [5.74, 6) is -3.18. The zero-order chi connectivity index (χ0) is 18.4. The standard InChI is InChI=1S/C14H21F2N3O4S/c1-3-13(20)18-7-10-6-11(4-5-12(10)23-2)24(21,22)19-9-14(15,16)8-17/h4-6,19H,3,7-9,17H2,1-2H3,(H,18,20). The van der Waals surface area contributed by atoms with Crippen molar-refractivity contribution in [1.29, 1.82) is 0 Å². The van der Waals surface area contributed by atoms with Crippen molar-refractivity contribution in [1.82, 2.24) is 10.0 Å². The lowest BCUT2D eigenvalue weighted by Crippen LogP contribution is -2.41. The van der Waals surface area contributed by atoms with E-state index in [4.69, 9.17) is 10.5 Å². The van der Waals surface area contributed by atoms with Gasteiger partial charge in [0.05, 0.1) is 25.1 Å². The molecule has 0 atom stereocenters. The van der Waals surface area contributed by atoms with Crippen LogP contribution >= 0.6 is 0 Å². The molecule has 0 aromatic heterocycles. The van der Waals surface area contributed by atoms with Crippen molar-refractivity contribution < 1.29 is 26.7 Å². The van der Waals surface area contributed by atoms with Gasteiger partial charge in [0.25, 0.3) is 5.92 Å². The molecule has 136 valence electrons. The van der Waals surface area contributed by atoms with Gasteiger partial charge in [-0.05, 0) is 18.2 Å². The number of nitrogens with one attached hydrogen (secondary N) is 2. The summed E-state index contributed by atoms with van der Waals surface area (Å²) in [4.78, 5) is 11.1. The minimum Gasteiger partial charge on any atom is -0.496 e. The van der Waals surface area contributed by atoms with Gasteiger partial charge < -0.3 is 15.8 Å². The zero-order valence-corrected chi connectivity index (χ0v) is 14.3. The first-order chi connectivity index (χ1) is 11.1. The Kier molecular flexibility index (Phi) is 7.06. The Morgan fingerprint density at radius 3 is 2.58 bits per heavy atom. The second-order valence-corrected chi connectivity index (χ2v) is 6.76. The van der Waals surface area contributed by atoms with Gasteiger partial charge in [0.15, 0.2) is 0 Å². The van der Waals surface area contributed by atoms with Gasteiger partial charge in [-0.2, -0.15) is 0 Å². The fourth-order valence-electron chi connectivity index (χ4n) is 1.74. The van der Waals surface area contributed by atoms with E-state index in [1.165, 1.54) is 25.3 Å². The van der Waals surface area contributed by atoms with Crippen molar-refractivity contribution in [3.8, 4) is 5.75 Å². The monoisotopic (exact) mass is 365 g/mol. The molecule has 0 saturated carbocycles. The van der Waals surface area contributed by atoms with E-state index in [9.17, 15) is 22.0 Å². The van der Waals surface area contributed by atoms with Gasteiger partial charge >= 0.3 is 0 Å². The third-order valence-electron chi connectivity index (χ3n) is 3.18. The maximum atomic E-state index is 13.1. The highest BCUT2D eigenvalue weighted by Crippen LogP contribution is 2.23. The molecule has 0 spiro atoms. The second-order valence-electron chi connectivity index (χ2n) is 4.99. The van der Waals surface area contributed by atoms with E-state index < -0.39 is 29.0 Å². The Morgan fingerprint density at radius 2 is 2.04 bits per heavy atom. The lowest BCUT2D eigenvalue weighted by Gasteiger charge is -2.16. The van der Waals surface area contributed by atoms with Crippen molar-refractivity contribution in [2.45, 2.75) is 30.7 Å². The first-order valence-electron chi connectivity index (χ1n) is 7.16. The molecule has 1 rings (SSSR count). The summed E-state index contributed by atoms with van der Waals surface area (Å²) in [7, 11) is -2.75. The molecule has 0 aliphatic heterocycles. The summed E-state index contributed by atoms with van der Waals surface area (Å²) in [6, 6.07) is 3.88. The Hall–Kier alpha value is -1.78. The average molecular weight is 365 g/mol. The number of rotatable bonds is 9. The number of ether oxygens (including phenoxy) is 1. The summed E-state index contributed by atoms with van der Waals surface area (Å²) < 4.78 is 57.4. The summed E-state index contributed by atoms with van der Waals surface area (Å²) in [5.41, 5.74) is 5.29. The molecule has 1 amide bonds. The van der Waals surface area contributed by atoms with E-state index in [1.54, 1.807) is 6.92 Å². The highest BCUT2D eigenvalue weighted by atomic mass is 32.2. The Labute approximate surface area is 139 Å². The van der Waals surface area contributed by atoms with E-state index in [1.807, 2.05) is 4.72 Å². The lowest BCUT2D eigenvalue weighted by atomic mass is 10.2. The number of benzene rings is 1. The quantitative estimate of drug-likeness (QED) is 0.593. The van der Waals surface area contributed by atoms with Crippen LogP contribution in [0.4, 0.5) is 8.78 Å². The Balaban J connectivity index is 3.00. The van der Waals surface area contributed by atoms with E-state index in [-0.39, 0.29) is 23.8 Å². The molecule has 7 nitrogen and oxygen atoms in total. The zero-order valence-electron chi connectivity index (χ0n) is 13.4. The smallest absolute Gasteiger partial charge is 0.273 e. The van der Waals surface area contributed by atoms with Gasteiger partial charge in [0.2, 0.25) is 15.9 Å². The van der Waals surface area contributed by atoms with Gasteiger partial charge in [-0.3, -0.25) is 4.79 Å². The topological polar surface area (TPSA) is 111 Å². The van der Waals surface area contributed by atoms with Crippen LogP contribution in [0.1, 0.15) is 18.9 Å².